The Kier molecular flexibility index (Phi) is 6.47. The van der Waals surface area contributed by atoms with Crippen LogP contribution in [0.4, 0.5) is 0 Å². The summed E-state index contributed by atoms with van der Waals surface area (Å²) in [5, 5.41) is 9.81. The summed E-state index contributed by atoms with van der Waals surface area (Å²) in [5.74, 6) is 0. The fourth-order valence-electron chi connectivity index (χ4n) is 1.79. The first kappa shape index (κ1) is 14.7. The molecule has 4 heteroatoms. The largest absolute Gasteiger partial charge is 0.389 e. The van der Waals surface area contributed by atoms with E-state index < -0.39 is 0 Å². The van der Waals surface area contributed by atoms with Crippen LogP contribution in [-0.4, -0.2) is 20.8 Å². The van der Waals surface area contributed by atoms with E-state index >= 15 is 0 Å². The monoisotopic (exact) mass is 266 g/mol. The highest BCUT2D eigenvalue weighted by molar-refractivity contribution is 5.85. The highest BCUT2D eigenvalue weighted by atomic mass is 35.5. The number of rotatable bonds is 5. The molecule has 1 aromatic heterocycles. The minimum absolute atomic E-state index is 0. The summed E-state index contributed by atoms with van der Waals surface area (Å²) >= 11 is 0. The molecular formula is C14H19ClN2O. The highest BCUT2D eigenvalue weighted by Crippen LogP contribution is 2.13. The fraction of sp³-hybridized carbons (Fsp3) is 0.357. The van der Waals surface area contributed by atoms with Gasteiger partial charge in [-0.3, -0.25) is 0 Å². The molecule has 0 spiro atoms. The van der Waals surface area contributed by atoms with Crippen LogP contribution in [0.1, 0.15) is 19.3 Å². The molecule has 1 unspecified atom stereocenters. The van der Waals surface area contributed by atoms with Crippen LogP contribution in [0.5, 0.6) is 0 Å². The second-order valence-electron chi connectivity index (χ2n) is 4.22. The molecule has 1 heterocycles. The number of nitrogens with zero attached hydrogens (tertiary/aromatic N) is 2. The van der Waals surface area contributed by atoms with Gasteiger partial charge in [-0.05, 0) is 24.8 Å². The number of aryl methyl sites for hydroxylation is 1. The number of imidazole rings is 1. The van der Waals surface area contributed by atoms with Crippen LogP contribution in [0, 0.1) is 0 Å². The van der Waals surface area contributed by atoms with Crippen molar-refractivity contribution in [3.8, 4) is 0 Å². The van der Waals surface area contributed by atoms with E-state index in [9.17, 15) is 5.11 Å². The van der Waals surface area contributed by atoms with Gasteiger partial charge in [0.05, 0.1) is 12.4 Å². The standard InChI is InChI=1S/C14H18N2O.ClH/c17-14(8-10-16-11-9-15-12-16)7-6-13-4-2-1-3-5-13;/h1-2,4,6-7,9,11-12,14,17H,3,5,8,10H2;1H/b7-6+;. The topological polar surface area (TPSA) is 38.0 Å². The van der Waals surface area contributed by atoms with Gasteiger partial charge >= 0.3 is 0 Å². The molecule has 0 aliphatic heterocycles. The lowest BCUT2D eigenvalue weighted by molar-refractivity contribution is 0.205. The molecule has 0 amide bonds. The molecule has 3 nitrogen and oxygen atoms in total. The Morgan fingerprint density at radius 3 is 3.06 bits per heavy atom. The van der Waals surface area contributed by atoms with Crippen LogP contribution >= 0.6 is 12.4 Å². The molecule has 0 radical (unpaired) electrons. The van der Waals surface area contributed by atoms with Crippen molar-refractivity contribution in [2.45, 2.75) is 31.9 Å². The summed E-state index contributed by atoms with van der Waals surface area (Å²) < 4.78 is 1.97. The summed E-state index contributed by atoms with van der Waals surface area (Å²) in [6, 6.07) is 0. The molecule has 1 aliphatic carbocycles. The maximum atomic E-state index is 9.81. The highest BCUT2D eigenvalue weighted by Gasteiger charge is 2.01. The number of allylic oxidation sites excluding steroid dienone is 5. The average Bonchev–Trinajstić information content (AvgIpc) is 2.88. The van der Waals surface area contributed by atoms with E-state index in [0.29, 0.717) is 0 Å². The van der Waals surface area contributed by atoms with Gasteiger partial charge in [0.2, 0.25) is 0 Å². The van der Waals surface area contributed by atoms with E-state index in [1.807, 2.05) is 22.9 Å². The molecule has 0 saturated carbocycles. The van der Waals surface area contributed by atoms with Crippen molar-refractivity contribution in [1.29, 1.82) is 0 Å². The van der Waals surface area contributed by atoms with E-state index in [4.69, 9.17) is 0 Å². The average molecular weight is 267 g/mol. The van der Waals surface area contributed by atoms with Crippen molar-refractivity contribution in [1.82, 2.24) is 9.55 Å². The van der Waals surface area contributed by atoms with Gasteiger partial charge in [0.15, 0.2) is 0 Å². The first-order valence-corrected chi connectivity index (χ1v) is 6.02. The third-order valence-electron chi connectivity index (χ3n) is 2.82. The van der Waals surface area contributed by atoms with E-state index in [1.54, 1.807) is 12.5 Å². The SMILES string of the molecule is Cl.OC(/C=C/C1=CC=CCC1)CCn1ccnc1. The summed E-state index contributed by atoms with van der Waals surface area (Å²) in [6.45, 7) is 0.796. The van der Waals surface area contributed by atoms with E-state index in [0.717, 1.165) is 25.8 Å². The van der Waals surface area contributed by atoms with Gasteiger partial charge in [0.25, 0.3) is 0 Å². The Bertz CT molecular complexity index is 421. The summed E-state index contributed by atoms with van der Waals surface area (Å²) in [6.07, 6.45) is 18.2. The second-order valence-corrected chi connectivity index (χ2v) is 4.22. The zero-order chi connectivity index (χ0) is 11.9. The number of aliphatic hydroxyl groups is 1. The lowest BCUT2D eigenvalue weighted by atomic mass is 10.0. The van der Waals surface area contributed by atoms with Crippen LogP contribution in [0.2, 0.25) is 0 Å². The van der Waals surface area contributed by atoms with Gasteiger partial charge in [0.1, 0.15) is 0 Å². The lowest BCUT2D eigenvalue weighted by Crippen LogP contribution is -2.07. The lowest BCUT2D eigenvalue weighted by Gasteiger charge is -2.07. The van der Waals surface area contributed by atoms with Crippen molar-refractivity contribution < 1.29 is 5.11 Å². The smallest absolute Gasteiger partial charge is 0.0945 e. The normalized spacial score (nSPS) is 16.4. The van der Waals surface area contributed by atoms with Gasteiger partial charge in [0, 0.05) is 18.9 Å². The minimum atomic E-state index is -0.385. The molecule has 0 fully saturated rings. The fourth-order valence-corrected chi connectivity index (χ4v) is 1.79. The van der Waals surface area contributed by atoms with Crippen LogP contribution in [0.3, 0.4) is 0 Å². The maximum Gasteiger partial charge on any atom is 0.0945 e. The molecule has 1 aliphatic rings. The number of hydrogen-bond acceptors (Lipinski definition) is 2. The number of halogens is 1. The number of aromatic nitrogens is 2. The van der Waals surface area contributed by atoms with Crippen LogP contribution in [0.25, 0.3) is 0 Å². The first-order chi connectivity index (χ1) is 8.34. The van der Waals surface area contributed by atoms with E-state index in [1.165, 1.54) is 5.57 Å². The summed E-state index contributed by atoms with van der Waals surface area (Å²) in [4.78, 5) is 3.97. The minimum Gasteiger partial charge on any atom is -0.389 e. The van der Waals surface area contributed by atoms with Crippen molar-refractivity contribution in [3.63, 3.8) is 0 Å². The molecule has 1 aromatic rings. The number of aliphatic hydroxyl groups excluding tert-OH is 1. The Morgan fingerprint density at radius 2 is 2.39 bits per heavy atom. The third-order valence-corrected chi connectivity index (χ3v) is 2.82. The van der Waals surface area contributed by atoms with Crippen molar-refractivity contribution in [2.24, 2.45) is 0 Å². The first-order valence-electron chi connectivity index (χ1n) is 6.02. The Morgan fingerprint density at radius 1 is 1.50 bits per heavy atom. The van der Waals surface area contributed by atoms with Gasteiger partial charge in [-0.25, -0.2) is 4.98 Å². The van der Waals surface area contributed by atoms with Crippen molar-refractivity contribution >= 4 is 12.4 Å². The molecule has 98 valence electrons. The molecule has 1 atom stereocenters. The predicted molar refractivity (Wildman–Crippen MR) is 75.7 cm³/mol. The molecular weight excluding hydrogens is 248 g/mol. The summed E-state index contributed by atoms with van der Waals surface area (Å²) in [7, 11) is 0. The molecule has 0 saturated heterocycles. The Labute approximate surface area is 114 Å². The Balaban J connectivity index is 0.00000162. The van der Waals surface area contributed by atoms with Gasteiger partial charge in [-0.15, -0.1) is 12.4 Å². The Hall–Kier alpha value is -1.32. The van der Waals surface area contributed by atoms with E-state index in [2.05, 4.69) is 23.2 Å². The van der Waals surface area contributed by atoms with Crippen LogP contribution in [0.15, 0.2) is 54.7 Å². The quantitative estimate of drug-likeness (QED) is 0.890. The van der Waals surface area contributed by atoms with E-state index in [-0.39, 0.29) is 18.5 Å². The van der Waals surface area contributed by atoms with Gasteiger partial charge in [-0.2, -0.15) is 0 Å². The zero-order valence-corrected chi connectivity index (χ0v) is 11.1. The molecule has 1 N–H and O–H groups in total. The van der Waals surface area contributed by atoms with Crippen LogP contribution < -0.4 is 0 Å². The number of hydrogen-bond donors (Lipinski definition) is 1. The third kappa shape index (κ3) is 4.90. The van der Waals surface area contributed by atoms with Gasteiger partial charge in [-0.1, -0.05) is 30.4 Å². The molecule has 0 aromatic carbocycles. The predicted octanol–water partition coefficient (Wildman–Crippen LogP) is 2.89. The van der Waals surface area contributed by atoms with Gasteiger partial charge < -0.3 is 9.67 Å². The zero-order valence-electron chi connectivity index (χ0n) is 10.3. The maximum absolute atomic E-state index is 9.81. The second kappa shape index (κ2) is 7.90. The molecule has 2 rings (SSSR count). The van der Waals surface area contributed by atoms with Crippen molar-refractivity contribution in [2.75, 3.05) is 0 Å². The van der Waals surface area contributed by atoms with Crippen LogP contribution in [-0.2, 0) is 6.54 Å². The van der Waals surface area contributed by atoms with Crippen molar-refractivity contribution in [3.05, 3.63) is 54.7 Å². The molecule has 18 heavy (non-hydrogen) atoms. The summed E-state index contributed by atoms with van der Waals surface area (Å²) in [5.41, 5.74) is 1.29. The molecule has 0 bridgehead atoms.